The lowest BCUT2D eigenvalue weighted by Gasteiger charge is -2.17. The molecule has 0 aromatic carbocycles. The summed E-state index contributed by atoms with van der Waals surface area (Å²) >= 11 is 0. The number of nitrogens with one attached hydrogen (secondary N) is 1. The molecule has 0 aromatic heterocycles. The van der Waals surface area contributed by atoms with Crippen molar-refractivity contribution >= 4 is 16.0 Å². The third-order valence-electron chi connectivity index (χ3n) is 1.68. The predicted molar refractivity (Wildman–Crippen MR) is 53.6 cm³/mol. The lowest BCUT2D eigenvalue weighted by Crippen LogP contribution is -2.43. The summed E-state index contributed by atoms with van der Waals surface area (Å²) in [5.74, 6) is -0.220. The quantitative estimate of drug-likeness (QED) is 0.262. The van der Waals surface area contributed by atoms with Crippen LogP contribution in [0.4, 0.5) is 13.2 Å². The molecule has 0 fully saturated rings. The molecular weight excluding hydrogens is 265 g/mol. The highest BCUT2D eigenvalue weighted by Gasteiger charge is 2.30. The predicted octanol–water partition coefficient (Wildman–Crippen LogP) is -0.549. The summed E-state index contributed by atoms with van der Waals surface area (Å²) in [5, 5.41) is 10.8. The SMILES string of the molecule is CN(CCC(N)=NO)S(=O)(=O)NCC(F)(F)F. The Morgan fingerprint density at radius 1 is 1.53 bits per heavy atom. The molecule has 17 heavy (non-hydrogen) atoms. The standard InChI is InChI=1S/C6H13F3N4O3S/c1-13(3-2-5(10)12-14)17(15,16)11-4-6(7,8)9/h11,14H,2-4H2,1H3,(H2,10,12). The number of hydrogen-bond acceptors (Lipinski definition) is 4. The lowest BCUT2D eigenvalue weighted by molar-refractivity contribution is -0.121. The Kier molecular flexibility index (Phi) is 5.64. The topological polar surface area (TPSA) is 108 Å². The van der Waals surface area contributed by atoms with E-state index >= 15 is 0 Å². The molecule has 102 valence electrons. The first-order chi connectivity index (χ1) is 7.58. The molecule has 0 bridgehead atoms. The van der Waals surface area contributed by atoms with Crippen LogP contribution in [-0.4, -0.2) is 50.1 Å². The number of alkyl halides is 3. The first-order valence-electron chi connectivity index (χ1n) is 4.32. The summed E-state index contributed by atoms with van der Waals surface area (Å²) in [5.41, 5.74) is 5.09. The molecule has 0 atom stereocenters. The van der Waals surface area contributed by atoms with Gasteiger partial charge in [0.05, 0.1) is 0 Å². The molecule has 0 heterocycles. The van der Waals surface area contributed by atoms with E-state index in [9.17, 15) is 21.6 Å². The van der Waals surface area contributed by atoms with E-state index in [4.69, 9.17) is 10.9 Å². The third-order valence-corrected chi connectivity index (χ3v) is 3.19. The smallest absolute Gasteiger partial charge is 0.402 e. The minimum Gasteiger partial charge on any atom is -0.409 e. The highest BCUT2D eigenvalue weighted by molar-refractivity contribution is 7.87. The van der Waals surface area contributed by atoms with E-state index in [1.165, 1.54) is 4.72 Å². The molecule has 0 radical (unpaired) electrons. The Balaban J connectivity index is 4.31. The van der Waals surface area contributed by atoms with Crippen LogP contribution in [0, 0.1) is 0 Å². The van der Waals surface area contributed by atoms with Gasteiger partial charge in [0.2, 0.25) is 0 Å². The van der Waals surface area contributed by atoms with Crippen molar-refractivity contribution in [1.82, 2.24) is 9.03 Å². The maximum absolute atomic E-state index is 11.8. The van der Waals surface area contributed by atoms with E-state index < -0.39 is 22.9 Å². The summed E-state index contributed by atoms with van der Waals surface area (Å²) in [7, 11) is -3.15. The second kappa shape index (κ2) is 6.02. The van der Waals surface area contributed by atoms with E-state index in [1.54, 1.807) is 0 Å². The van der Waals surface area contributed by atoms with E-state index in [0.29, 0.717) is 4.31 Å². The normalized spacial score (nSPS) is 14.3. The lowest BCUT2D eigenvalue weighted by atomic mass is 10.4. The Labute approximate surface area is 96.2 Å². The molecule has 0 aliphatic heterocycles. The number of hydrogen-bond donors (Lipinski definition) is 3. The van der Waals surface area contributed by atoms with Crippen LogP contribution in [0.2, 0.25) is 0 Å². The van der Waals surface area contributed by atoms with Crippen LogP contribution in [-0.2, 0) is 10.2 Å². The molecule has 0 aliphatic rings. The average Bonchev–Trinajstić information content (AvgIpc) is 2.21. The van der Waals surface area contributed by atoms with Gasteiger partial charge in [-0.1, -0.05) is 5.16 Å². The zero-order valence-corrected chi connectivity index (χ0v) is 9.72. The molecule has 0 saturated heterocycles. The van der Waals surface area contributed by atoms with Crippen LogP contribution in [0.25, 0.3) is 0 Å². The molecule has 0 saturated carbocycles. The van der Waals surface area contributed by atoms with Gasteiger partial charge in [0, 0.05) is 20.0 Å². The second-order valence-electron chi connectivity index (χ2n) is 3.10. The molecule has 0 spiro atoms. The van der Waals surface area contributed by atoms with E-state index in [-0.39, 0.29) is 18.8 Å². The minimum absolute atomic E-state index is 0.0973. The van der Waals surface area contributed by atoms with Crippen molar-refractivity contribution in [3.8, 4) is 0 Å². The molecule has 0 aliphatic carbocycles. The number of oxime groups is 1. The first-order valence-corrected chi connectivity index (χ1v) is 5.76. The van der Waals surface area contributed by atoms with Crippen LogP contribution in [0.5, 0.6) is 0 Å². The van der Waals surface area contributed by atoms with E-state index in [0.717, 1.165) is 7.05 Å². The van der Waals surface area contributed by atoms with Crippen molar-refractivity contribution in [2.75, 3.05) is 20.1 Å². The maximum Gasteiger partial charge on any atom is 0.402 e. The zero-order valence-electron chi connectivity index (χ0n) is 8.90. The van der Waals surface area contributed by atoms with Gasteiger partial charge >= 0.3 is 6.18 Å². The molecule has 4 N–H and O–H groups in total. The number of rotatable bonds is 6. The van der Waals surface area contributed by atoms with Gasteiger partial charge in [-0.15, -0.1) is 0 Å². The molecule has 0 unspecified atom stereocenters. The molecule has 0 aromatic rings. The number of nitrogens with zero attached hydrogens (tertiary/aromatic N) is 2. The molecular formula is C6H13F3N4O3S. The number of amidine groups is 1. The maximum atomic E-state index is 11.8. The van der Waals surface area contributed by atoms with Crippen LogP contribution in [0.15, 0.2) is 5.16 Å². The van der Waals surface area contributed by atoms with Gasteiger partial charge in [-0.2, -0.15) is 30.6 Å². The molecule has 11 heteroatoms. The number of nitrogens with two attached hydrogens (primary N) is 1. The minimum atomic E-state index is -4.63. The van der Waals surface area contributed by atoms with Crippen molar-refractivity contribution in [3.05, 3.63) is 0 Å². The van der Waals surface area contributed by atoms with Crippen molar-refractivity contribution in [3.63, 3.8) is 0 Å². The van der Waals surface area contributed by atoms with Gasteiger partial charge in [-0.05, 0) is 0 Å². The monoisotopic (exact) mass is 278 g/mol. The van der Waals surface area contributed by atoms with Gasteiger partial charge in [0.1, 0.15) is 12.4 Å². The Morgan fingerprint density at radius 3 is 2.47 bits per heavy atom. The third kappa shape index (κ3) is 6.97. The molecule has 7 nitrogen and oxygen atoms in total. The zero-order chi connectivity index (χ0) is 13.7. The van der Waals surface area contributed by atoms with Gasteiger partial charge in [-0.3, -0.25) is 0 Å². The Morgan fingerprint density at radius 2 is 2.06 bits per heavy atom. The first kappa shape index (κ1) is 15.9. The summed E-state index contributed by atoms with van der Waals surface area (Å²) in [6.45, 7) is -1.85. The number of halogens is 3. The fourth-order valence-corrected chi connectivity index (χ4v) is 1.62. The second-order valence-corrected chi connectivity index (χ2v) is 4.97. The highest BCUT2D eigenvalue weighted by Crippen LogP contribution is 2.13. The van der Waals surface area contributed by atoms with Crippen LogP contribution < -0.4 is 10.5 Å². The van der Waals surface area contributed by atoms with Crippen LogP contribution >= 0.6 is 0 Å². The fourth-order valence-electron chi connectivity index (χ4n) is 0.725. The summed E-state index contributed by atoms with van der Waals surface area (Å²) in [6.07, 6.45) is -4.72. The van der Waals surface area contributed by atoms with Crippen molar-refractivity contribution in [2.45, 2.75) is 12.6 Å². The largest absolute Gasteiger partial charge is 0.409 e. The Bertz CT molecular complexity index is 367. The van der Waals surface area contributed by atoms with Crippen LogP contribution in [0.1, 0.15) is 6.42 Å². The highest BCUT2D eigenvalue weighted by atomic mass is 32.2. The van der Waals surface area contributed by atoms with E-state index in [1.807, 2.05) is 0 Å². The van der Waals surface area contributed by atoms with Gasteiger partial charge in [0.25, 0.3) is 10.2 Å². The van der Waals surface area contributed by atoms with E-state index in [2.05, 4.69) is 5.16 Å². The summed E-state index contributed by atoms with van der Waals surface area (Å²) in [4.78, 5) is 0. The summed E-state index contributed by atoms with van der Waals surface area (Å²) in [6, 6.07) is 0. The van der Waals surface area contributed by atoms with Gasteiger partial charge in [-0.25, -0.2) is 0 Å². The van der Waals surface area contributed by atoms with Crippen molar-refractivity contribution in [2.24, 2.45) is 10.9 Å². The van der Waals surface area contributed by atoms with Crippen LogP contribution in [0.3, 0.4) is 0 Å². The van der Waals surface area contributed by atoms with Gasteiger partial charge < -0.3 is 10.9 Å². The van der Waals surface area contributed by atoms with Crippen molar-refractivity contribution < 1.29 is 26.8 Å². The Hall–Kier alpha value is -1.07. The fraction of sp³-hybridized carbons (Fsp3) is 0.833. The van der Waals surface area contributed by atoms with Gasteiger partial charge in [0.15, 0.2) is 0 Å². The molecule has 0 amide bonds. The molecule has 0 rings (SSSR count). The summed E-state index contributed by atoms with van der Waals surface area (Å²) < 4.78 is 59.9. The van der Waals surface area contributed by atoms with Crippen molar-refractivity contribution in [1.29, 1.82) is 0 Å². The average molecular weight is 278 g/mol.